The first-order valence-corrected chi connectivity index (χ1v) is 19.4. The van der Waals surface area contributed by atoms with Gasteiger partial charge in [-0.15, -0.1) is 0 Å². The number of benzene rings is 8. The van der Waals surface area contributed by atoms with Crippen LogP contribution in [0, 0.1) is 0 Å². The fraction of sp³-hybridized carbons (Fsp3) is 0.111. The predicted octanol–water partition coefficient (Wildman–Crippen LogP) is 14.8. The Balaban J connectivity index is 1.16. The molecule has 55 heavy (non-hydrogen) atoms. The number of hydrogen-bond donors (Lipinski definition) is 0. The molecule has 264 valence electrons. The molecule has 10 rings (SSSR count). The van der Waals surface area contributed by atoms with E-state index in [0.717, 1.165) is 17.1 Å². The Morgan fingerprint density at radius 2 is 0.818 bits per heavy atom. The molecule has 0 saturated heterocycles. The van der Waals surface area contributed by atoms with Crippen LogP contribution in [0.15, 0.2) is 188 Å². The molecule has 0 N–H and O–H groups in total. The van der Waals surface area contributed by atoms with Gasteiger partial charge in [0.1, 0.15) is 0 Å². The van der Waals surface area contributed by atoms with Gasteiger partial charge in [0.25, 0.3) is 0 Å². The van der Waals surface area contributed by atoms with E-state index in [0.29, 0.717) is 0 Å². The van der Waals surface area contributed by atoms with Gasteiger partial charge in [-0.2, -0.15) is 0 Å². The van der Waals surface area contributed by atoms with Gasteiger partial charge in [0.15, 0.2) is 0 Å². The van der Waals surface area contributed by atoms with Crippen molar-refractivity contribution in [2.45, 2.75) is 38.5 Å². The van der Waals surface area contributed by atoms with Crippen LogP contribution >= 0.6 is 0 Å². The summed E-state index contributed by atoms with van der Waals surface area (Å²) in [6.45, 7) is 9.43. The van der Waals surface area contributed by atoms with Crippen molar-refractivity contribution in [3.63, 3.8) is 0 Å². The van der Waals surface area contributed by atoms with Gasteiger partial charge in [0.05, 0.1) is 5.69 Å². The zero-order valence-corrected chi connectivity index (χ0v) is 31.8. The summed E-state index contributed by atoms with van der Waals surface area (Å²) in [5, 5.41) is 0. The highest BCUT2D eigenvalue weighted by atomic mass is 15.1. The van der Waals surface area contributed by atoms with Crippen molar-refractivity contribution in [3.05, 3.63) is 210 Å². The molecule has 0 unspecified atom stereocenters. The minimum absolute atomic E-state index is 0.0422. The van der Waals surface area contributed by atoms with E-state index in [-0.39, 0.29) is 10.8 Å². The number of nitrogens with zero attached hydrogens (tertiary/aromatic N) is 1. The quantitative estimate of drug-likeness (QED) is 0.166. The third-order valence-corrected chi connectivity index (χ3v) is 12.3. The highest BCUT2D eigenvalue weighted by Crippen LogP contribution is 2.54. The van der Waals surface area contributed by atoms with Crippen molar-refractivity contribution in [3.8, 4) is 55.6 Å². The van der Waals surface area contributed by atoms with Gasteiger partial charge in [0.2, 0.25) is 0 Å². The Bertz CT molecular complexity index is 2740. The minimum atomic E-state index is -0.116. The van der Waals surface area contributed by atoms with Crippen LogP contribution in [-0.4, -0.2) is 0 Å². The van der Waals surface area contributed by atoms with Crippen LogP contribution < -0.4 is 4.90 Å². The fourth-order valence-electron chi connectivity index (χ4n) is 9.43. The molecule has 0 aromatic heterocycles. The van der Waals surface area contributed by atoms with Crippen LogP contribution in [0.5, 0.6) is 0 Å². The Kier molecular flexibility index (Phi) is 7.58. The lowest BCUT2D eigenvalue weighted by atomic mass is 9.82. The average Bonchev–Trinajstić information content (AvgIpc) is 3.61. The van der Waals surface area contributed by atoms with Crippen molar-refractivity contribution in [2.75, 3.05) is 4.90 Å². The van der Waals surface area contributed by atoms with E-state index in [4.69, 9.17) is 0 Å². The average molecular weight is 706 g/mol. The second kappa shape index (κ2) is 12.6. The normalized spacial score (nSPS) is 14.1. The summed E-state index contributed by atoms with van der Waals surface area (Å²) >= 11 is 0. The van der Waals surface area contributed by atoms with Gasteiger partial charge in [-0.1, -0.05) is 179 Å². The second-order valence-corrected chi connectivity index (χ2v) is 16.1. The summed E-state index contributed by atoms with van der Waals surface area (Å²) < 4.78 is 0. The zero-order chi connectivity index (χ0) is 37.3. The highest BCUT2D eigenvalue weighted by Gasteiger charge is 2.37. The number of hydrogen-bond acceptors (Lipinski definition) is 1. The molecule has 8 aromatic carbocycles. The van der Waals surface area contributed by atoms with Crippen LogP contribution in [0.1, 0.15) is 49.9 Å². The first-order chi connectivity index (χ1) is 26.8. The molecular formula is C54H43N. The largest absolute Gasteiger partial charge is 0.310 e. The molecule has 0 amide bonds. The van der Waals surface area contributed by atoms with Gasteiger partial charge in [-0.3, -0.25) is 0 Å². The van der Waals surface area contributed by atoms with E-state index >= 15 is 0 Å². The van der Waals surface area contributed by atoms with Crippen LogP contribution in [0.25, 0.3) is 55.6 Å². The molecule has 2 aliphatic rings. The molecule has 1 heteroatoms. The van der Waals surface area contributed by atoms with Crippen molar-refractivity contribution in [2.24, 2.45) is 0 Å². The maximum atomic E-state index is 2.47. The van der Waals surface area contributed by atoms with Crippen LogP contribution in [0.3, 0.4) is 0 Å². The number of fused-ring (bicyclic) bond motifs is 6. The van der Waals surface area contributed by atoms with Crippen molar-refractivity contribution in [1.82, 2.24) is 0 Å². The van der Waals surface area contributed by atoms with Gasteiger partial charge < -0.3 is 4.90 Å². The molecule has 0 aliphatic heterocycles. The smallest absolute Gasteiger partial charge is 0.0540 e. The first-order valence-electron chi connectivity index (χ1n) is 19.4. The van der Waals surface area contributed by atoms with E-state index in [1.54, 1.807) is 0 Å². The Hall–Kier alpha value is -6.44. The lowest BCUT2D eigenvalue weighted by Crippen LogP contribution is -2.17. The van der Waals surface area contributed by atoms with E-state index in [2.05, 4.69) is 221 Å². The van der Waals surface area contributed by atoms with Crippen molar-refractivity contribution >= 4 is 17.1 Å². The zero-order valence-electron chi connectivity index (χ0n) is 31.8. The third kappa shape index (κ3) is 5.22. The van der Waals surface area contributed by atoms with E-state index in [1.165, 1.54) is 77.9 Å². The summed E-state index contributed by atoms with van der Waals surface area (Å²) in [6.07, 6.45) is 0. The van der Waals surface area contributed by atoms with Gasteiger partial charge in [-0.05, 0) is 109 Å². The molecule has 0 saturated carbocycles. The van der Waals surface area contributed by atoms with E-state index < -0.39 is 0 Å². The maximum absolute atomic E-state index is 2.47. The lowest BCUT2D eigenvalue weighted by Gasteiger charge is -2.30. The highest BCUT2D eigenvalue weighted by molar-refractivity contribution is 5.95. The van der Waals surface area contributed by atoms with Crippen molar-refractivity contribution in [1.29, 1.82) is 0 Å². The van der Waals surface area contributed by atoms with Crippen LogP contribution in [-0.2, 0) is 10.8 Å². The molecule has 8 aromatic rings. The van der Waals surface area contributed by atoms with Gasteiger partial charge in [-0.25, -0.2) is 0 Å². The third-order valence-electron chi connectivity index (χ3n) is 12.3. The second-order valence-electron chi connectivity index (χ2n) is 16.1. The number of rotatable bonds is 6. The SMILES string of the molecule is CC1(C)c2ccccc2-c2ccc(N(c3ccc(-c4cccc5c4-c4ccccc4C5(C)C)cc3)c3ccc(-c4ccccc4)cc3-c3ccccc3)cc21. The summed E-state index contributed by atoms with van der Waals surface area (Å²) in [6, 6.07) is 69.5. The topological polar surface area (TPSA) is 3.24 Å². The monoisotopic (exact) mass is 705 g/mol. The molecule has 0 atom stereocenters. The fourth-order valence-corrected chi connectivity index (χ4v) is 9.43. The summed E-state index contributed by atoms with van der Waals surface area (Å²) in [4.78, 5) is 2.47. The summed E-state index contributed by atoms with van der Waals surface area (Å²) in [7, 11) is 0. The van der Waals surface area contributed by atoms with Gasteiger partial charge >= 0.3 is 0 Å². The molecular weight excluding hydrogens is 663 g/mol. The minimum Gasteiger partial charge on any atom is -0.310 e. The molecule has 0 spiro atoms. The molecule has 2 aliphatic carbocycles. The van der Waals surface area contributed by atoms with Crippen molar-refractivity contribution < 1.29 is 0 Å². The Morgan fingerprint density at radius 1 is 0.309 bits per heavy atom. The van der Waals surface area contributed by atoms with Gasteiger partial charge in [0, 0.05) is 27.8 Å². The maximum Gasteiger partial charge on any atom is 0.0540 e. The first kappa shape index (κ1) is 33.2. The number of anilines is 3. The standard InChI is InChI=1S/C54H43N/c1-53(2)48-24-14-12-21-45(48)52-42(22-15-25-49(52)53)38-26-29-40(30-27-38)55(41-31-32-44-43-20-11-13-23-47(43)54(3,4)50(44)35-41)51-33-28-39(36-16-7-5-8-17-36)34-46(51)37-18-9-6-10-19-37/h5-35H,1-4H3. The van der Waals surface area contributed by atoms with E-state index in [9.17, 15) is 0 Å². The predicted molar refractivity (Wildman–Crippen MR) is 233 cm³/mol. The summed E-state index contributed by atoms with van der Waals surface area (Å²) in [5.41, 5.74) is 21.4. The Morgan fingerprint density at radius 3 is 1.55 bits per heavy atom. The molecule has 0 heterocycles. The molecule has 0 bridgehead atoms. The Labute approximate surface area is 325 Å². The van der Waals surface area contributed by atoms with E-state index in [1.807, 2.05) is 0 Å². The van der Waals surface area contributed by atoms with Crippen LogP contribution in [0.2, 0.25) is 0 Å². The summed E-state index contributed by atoms with van der Waals surface area (Å²) in [5.74, 6) is 0. The van der Waals surface area contributed by atoms with Crippen LogP contribution in [0.4, 0.5) is 17.1 Å². The molecule has 0 radical (unpaired) electrons. The molecule has 1 nitrogen and oxygen atoms in total. The molecule has 0 fully saturated rings. The lowest BCUT2D eigenvalue weighted by molar-refractivity contribution is 0.660.